The largest absolute Gasteiger partial charge is 0.369 e. The molecule has 2 rings (SSSR count). The Hall–Kier alpha value is -0.520. The van der Waals surface area contributed by atoms with Crippen LogP contribution in [0.1, 0.15) is 18.2 Å². The zero-order valence-electron chi connectivity index (χ0n) is 10.7. The normalized spacial score (nSPS) is 12.9. The van der Waals surface area contributed by atoms with Crippen LogP contribution in [0.15, 0.2) is 6.07 Å². The second kappa shape index (κ2) is 6.08. The first-order valence-corrected chi connectivity index (χ1v) is 8.28. The van der Waals surface area contributed by atoms with Gasteiger partial charge in [0.15, 0.2) is 0 Å². The number of thiophene rings is 1. The third kappa shape index (κ3) is 3.28. The summed E-state index contributed by atoms with van der Waals surface area (Å²) in [6, 6.07) is 2.11. The van der Waals surface area contributed by atoms with Crippen molar-refractivity contribution in [3.05, 3.63) is 16.2 Å². The van der Waals surface area contributed by atoms with E-state index in [1.165, 1.54) is 4.88 Å². The van der Waals surface area contributed by atoms with Crippen LogP contribution in [-0.4, -0.2) is 28.0 Å². The molecule has 0 radical (unpaired) electrons. The standard InChI is InChI=1S/C12H16ClN3S2/c1-7(17-3)4-5-14-10-9-6-8(2)18-11(9)16-12(13)15-10/h6-7H,4-5H2,1-3H3,(H,14,15,16). The van der Waals surface area contributed by atoms with Crippen molar-refractivity contribution >= 4 is 50.7 Å². The number of fused-ring (bicyclic) bond motifs is 1. The van der Waals surface area contributed by atoms with E-state index in [0.717, 1.165) is 29.0 Å². The molecule has 1 N–H and O–H groups in total. The van der Waals surface area contributed by atoms with Crippen LogP contribution in [0, 0.1) is 6.92 Å². The molecule has 1 atom stereocenters. The molecule has 0 aliphatic carbocycles. The average Bonchev–Trinajstić information content (AvgIpc) is 2.69. The summed E-state index contributed by atoms with van der Waals surface area (Å²) in [5, 5.41) is 5.39. The van der Waals surface area contributed by atoms with Gasteiger partial charge in [0.1, 0.15) is 10.6 Å². The van der Waals surface area contributed by atoms with E-state index in [2.05, 4.69) is 41.5 Å². The fourth-order valence-corrected chi connectivity index (χ4v) is 3.11. The molecule has 3 nitrogen and oxygen atoms in total. The van der Waals surface area contributed by atoms with E-state index in [-0.39, 0.29) is 0 Å². The first kappa shape index (κ1) is 13.9. The minimum absolute atomic E-state index is 0.310. The van der Waals surface area contributed by atoms with E-state index >= 15 is 0 Å². The molecule has 0 amide bonds. The zero-order chi connectivity index (χ0) is 13.1. The SMILES string of the molecule is CSC(C)CCNc1nc(Cl)nc2sc(C)cc12. The quantitative estimate of drug-likeness (QED) is 0.840. The van der Waals surface area contributed by atoms with Crippen LogP contribution < -0.4 is 5.32 Å². The van der Waals surface area contributed by atoms with E-state index in [9.17, 15) is 0 Å². The van der Waals surface area contributed by atoms with Crippen molar-refractivity contribution in [1.29, 1.82) is 0 Å². The van der Waals surface area contributed by atoms with Gasteiger partial charge in [-0.1, -0.05) is 6.92 Å². The molecular formula is C12H16ClN3S2. The van der Waals surface area contributed by atoms with E-state index in [1.54, 1.807) is 11.3 Å². The topological polar surface area (TPSA) is 37.8 Å². The number of thioether (sulfide) groups is 1. The zero-order valence-corrected chi connectivity index (χ0v) is 13.0. The van der Waals surface area contributed by atoms with Gasteiger partial charge in [-0.25, -0.2) is 9.97 Å². The first-order valence-electron chi connectivity index (χ1n) is 5.80. The minimum Gasteiger partial charge on any atom is -0.369 e. The van der Waals surface area contributed by atoms with Gasteiger partial charge < -0.3 is 5.32 Å². The number of nitrogens with one attached hydrogen (secondary N) is 1. The molecule has 0 spiro atoms. The maximum absolute atomic E-state index is 5.94. The van der Waals surface area contributed by atoms with Crippen LogP contribution in [0.2, 0.25) is 5.28 Å². The fourth-order valence-electron chi connectivity index (χ4n) is 1.66. The number of rotatable bonds is 5. The summed E-state index contributed by atoms with van der Waals surface area (Å²) in [6.45, 7) is 5.20. The third-order valence-corrected chi connectivity index (χ3v) is 4.89. The van der Waals surface area contributed by atoms with Gasteiger partial charge in [-0.3, -0.25) is 0 Å². The van der Waals surface area contributed by atoms with Crippen LogP contribution in [-0.2, 0) is 0 Å². The van der Waals surface area contributed by atoms with Gasteiger partial charge in [-0.2, -0.15) is 11.8 Å². The smallest absolute Gasteiger partial charge is 0.225 e. The molecule has 6 heteroatoms. The number of hydrogen-bond acceptors (Lipinski definition) is 5. The number of aryl methyl sites for hydroxylation is 1. The predicted molar refractivity (Wildman–Crippen MR) is 83.2 cm³/mol. The first-order chi connectivity index (χ1) is 8.60. The number of hydrogen-bond donors (Lipinski definition) is 1. The second-order valence-electron chi connectivity index (χ2n) is 4.18. The summed E-state index contributed by atoms with van der Waals surface area (Å²) in [5.41, 5.74) is 0. The number of aromatic nitrogens is 2. The number of halogens is 1. The highest BCUT2D eigenvalue weighted by atomic mass is 35.5. The van der Waals surface area contributed by atoms with E-state index in [0.29, 0.717) is 10.5 Å². The van der Waals surface area contributed by atoms with Gasteiger partial charge >= 0.3 is 0 Å². The Morgan fingerprint density at radius 3 is 3.00 bits per heavy atom. The van der Waals surface area contributed by atoms with Crippen molar-refractivity contribution in [1.82, 2.24) is 9.97 Å². The Labute approximate surface area is 120 Å². The molecule has 0 aliphatic heterocycles. The Morgan fingerprint density at radius 1 is 1.50 bits per heavy atom. The molecule has 0 aromatic carbocycles. The van der Waals surface area contributed by atoms with Gasteiger partial charge in [-0.15, -0.1) is 11.3 Å². The lowest BCUT2D eigenvalue weighted by atomic mass is 10.3. The summed E-state index contributed by atoms with van der Waals surface area (Å²) in [6.07, 6.45) is 3.24. The highest BCUT2D eigenvalue weighted by molar-refractivity contribution is 7.99. The third-order valence-electron chi connectivity index (χ3n) is 2.73. The Morgan fingerprint density at radius 2 is 2.28 bits per heavy atom. The summed E-state index contributed by atoms with van der Waals surface area (Å²) in [4.78, 5) is 10.7. The van der Waals surface area contributed by atoms with Crippen molar-refractivity contribution in [2.24, 2.45) is 0 Å². The van der Waals surface area contributed by atoms with E-state index in [4.69, 9.17) is 11.6 Å². The molecule has 2 aromatic heterocycles. The van der Waals surface area contributed by atoms with Crippen molar-refractivity contribution in [2.75, 3.05) is 18.1 Å². The molecule has 98 valence electrons. The highest BCUT2D eigenvalue weighted by Gasteiger charge is 2.09. The predicted octanol–water partition coefficient (Wildman–Crippen LogP) is 4.21. The molecule has 2 aromatic rings. The molecule has 18 heavy (non-hydrogen) atoms. The molecule has 0 aliphatic rings. The van der Waals surface area contributed by atoms with Crippen LogP contribution in [0.4, 0.5) is 5.82 Å². The lowest BCUT2D eigenvalue weighted by molar-refractivity contribution is 0.851. The summed E-state index contributed by atoms with van der Waals surface area (Å²) in [5.74, 6) is 0.850. The Kier molecular flexibility index (Phi) is 4.70. The van der Waals surface area contributed by atoms with Crippen LogP contribution in [0.25, 0.3) is 10.2 Å². The molecular weight excluding hydrogens is 286 g/mol. The minimum atomic E-state index is 0.310. The Bertz CT molecular complexity index is 541. The number of anilines is 1. The highest BCUT2D eigenvalue weighted by Crippen LogP contribution is 2.29. The van der Waals surface area contributed by atoms with Gasteiger partial charge in [0.2, 0.25) is 5.28 Å². The summed E-state index contributed by atoms with van der Waals surface area (Å²) < 4.78 is 0. The lowest BCUT2D eigenvalue weighted by Gasteiger charge is -2.10. The van der Waals surface area contributed by atoms with Gasteiger partial charge in [-0.05, 0) is 37.3 Å². The van der Waals surface area contributed by atoms with Crippen molar-refractivity contribution in [3.8, 4) is 0 Å². The van der Waals surface area contributed by atoms with Crippen molar-refractivity contribution in [2.45, 2.75) is 25.5 Å². The molecule has 0 saturated carbocycles. The summed E-state index contributed by atoms with van der Waals surface area (Å²) in [7, 11) is 0. The van der Waals surface area contributed by atoms with E-state index < -0.39 is 0 Å². The monoisotopic (exact) mass is 301 g/mol. The molecule has 1 unspecified atom stereocenters. The second-order valence-corrected chi connectivity index (χ2v) is 7.03. The maximum atomic E-state index is 5.94. The average molecular weight is 302 g/mol. The van der Waals surface area contributed by atoms with Crippen LogP contribution in [0.5, 0.6) is 0 Å². The van der Waals surface area contributed by atoms with Gasteiger partial charge in [0.25, 0.3) is 0 Å². The maximum Gasteiger partial charge on any atom is 0.225 e. The molecule has 0 fully saturated rings. The fraction of sp³-hybridized carbons (Fsp3) is 0.500. The number of nitrogens with zero attached hydrogens (tertiary/aromatic N) is 2. The van der Waals surface area contributed by atoms with Crippen LogP contribution >= 0.6 is 34.7 Å². The van der Waals surface area contributed by atoms with Crippen molar-refractivity contribution in [3.63, 3.8) is 0 Å². The Balaban J connectivity index is 2.16. The van der Waals surface area contributed by atoms with Crippen molar-refractivity contribution < 1.29 is 0 Å². The van der Waals surface area contributed by atoms with Gasteiger partial charge in [0.05, 0.1) is 5.39 Å². The van der Waals surface area contributed by atoms with E-state index in [1.807, 2.05) is 11.8 Å². The molecule has 0 bridgehead atoms. The molecule has 0 saturated heterocycles. The summed E-state index contributed by atoms with van der Waals surface area (Å²) >= 11 is 9.46. The van der Waals surface area contributed by atoms with Crippen LogP contribution in [0.3, 0.4) is 0 Å². The van der Waals surface area contributed by atoms with Gasteiger partial charge in [0, 0.05) is 16.7 Å². The molecule has 2 heterocycles. The lowest BCUT2D eigenvalue weighted by Crippen LogP contribution is -2.09.